The zero-order valence-electron chi connectivity index (χ0n) is 11.4. The molecule has 0 radical (unpaired) electrons. The van der Waals surface area contributed by atoms with Crippen LogP contribution in [0.15, 0.2) is 30.5 Å². The number of benzene rings is 1. The van der Waals surface area contributed by atoms with Gasteiger partial charge in [-0.05, 0) is 54.8 Å². The number of fused-ring (bicyclic) bond motifs is 1. The third-order valence-electron chi connectivity index (χ3n) is 3.54. The zero-order chi connectivity index (χ0) is 14.3. The molecule has 0 bridgehead atoms. The molecule has 0 amide bonds. The maximum Gasteiger partial charge on any atom is 0.152 e. The summed E-state index contributed by atoms with van der Waals surface area (Å²) in [7, 11) is 0. The standard InChI is InChI=1S/C16H16N2O2/c1-9-6-11(7-10(2)15(9)19)13-8-14-12(16(20)18-13)4-3-5-17-14/h3-8,16,18-20H,1-2H3. The quantitative estimate of drug-likeness (QED) is 0.743. The highest BCUT2D eigenvalue weighted by atomic mass is 16.3. The van der Waals surface area contributed by atoms with Crippen molar-refractivity contribution in [1.29, 1.82) is 0 Å². The van der Waals surface area contributed by atoms with Crippen molar-refractivity contribution in [2.24, 2.45) is 0 Å². The first-order valence-corrected chi connectivity index (χ1v) is 6.48. The molecule has 4 heteroatoms. The molecule has 1 unspecified atom stereocenters. The Morgan fingerprint density at radius 3 is 2.60 bits per heavy atom. The van der Waals surface area contributed by atoms with Crippen molar-refractivity contribution in [3.05, 3.63) is 58.4 Å². The van der Waals surface area contributed by atoms with Crippen LogP contribution in [0.25, 0.3) is 11.8 Å². The number of hydrogen-bond donors (Lipinski definition) is 3. The minimum absolute atomic E-state index is 0.309. The summed E-state index contributed by atoms with van der Waals surface area (Å²) in [5, 5.41) is 23.0. The Labute approximate surface area is 117 Å². The molecular weight excluding hydrogens is 252 g/mol. The van der Waals surface area contributed by atoms with Crippen molar-refractivity contribution < 1.29 is 10.2 Å². The molecule has 3 N–H and O–H groups in total. The topological polar surface area (TPSA) is 65.4 Å². The molecule has 102 valence electrons. The fourth-order valence-electron chi connectivity index (χ4n) is 2.46. The lowest BCUT2D eigenvalue weighted by Crippen LogP contribution is -2.24. The third-order valence-corrected chi connectivity index (χ3v) is 3.54. The van der Waals surface area contributed by atoms with Crippen molar-refractivity contribution in [2.75, 3.05) is 0 Å². The van der Waals surface area contributed by atoms with Gasteiger partial charge in [0.25, 0.3) is 0 Å². The first kappa shape index (κ1) is 12.7. The minimum Gasteiger partial charge on any atom is -0.507 e. The molecule has 1 aromatic carbocycles. The SMILES string of the molecule is Cc1cc(C2=Cc3ncccc3C(O)N2)cc(C)c1O. The molecule has 3 rings (SSSR count). The summed E-state index contributed by atoms with van der Waals surface area (Å²) in [5.41, 5.74) is 4.87. The average molecular weight is 268 g/mol. The Bertz CT molecular complexity index is 684. The van der Waals surface area contributed by atoms with E-state index in [9.17, 15) is 10.2 Å². The second kappa shape index (κ2) is 4.65. The monoisotopic (exact) mass is 268 g/mol. The molecular formula is C16H16N2O2. The number of phenolic OH excluding ortho intramolecular Hbond substituents is 1. The lowest BCUT2D eigenvalue weighted by atomic mass is 9.99. The highest BCUT2D eigenvalue weighted by molar-refractivity contribution is 5.83. The van der Waals surface area contributed by atoms with E-state index >= 15 is 0 Å². The van der Waals surface area contributed by atoms with Gasteiger partial charge in [0.1, 0.15) is 5.75 Å². The Kier molecular flexibility index (Phi) is 2.95. The van der Waals surface area contributed by atoms with E-state index in [0.29, 0.717) is 5.75 Å². The van der Waals surface area contributed by atoms with Crippen LogP contribution in [0.1, 0.15) is 34.2 Å². The van der Waals surface area contributed by atoms with Gasteiger partial charge in [-0.25, -0.2) is 0 Å². The Morgan fingerprint density at radius 1 is 1.20 bits per heavy atom. The molecule has 2 aromatic rings. The van der Waals surface area contributed by atoms with Gasteiger partial charge in [-0.1, -0.05) is 6.07 Å². The van der Waals surface area contributed by atoms with Gasteiger partial charge in [-0.15, -0.1) is 0 Å². The van der Waals surface area contributed by atoms with E-state index in [4.69, 9.17) is 0 Å². The van der Waals surface area contributed by atoms with Crippen LogP contribution < -0.4 is 5.32 Å². The van der Waals surface area contributed by atoms with E-state index in [1.165, 1.54) is 0 Å². The molecule has 4 nitrogen and oxygen atoms in total. The summed E-state index contributed by atoms with van der Waals surface area (Å²) in [4.78, 5) is 4.28. The van der Waals surface area contributed by atoms with E-state index in [1.54, 1.807) is 12.3 Å². The van der Waals surface area contributed by atoms with Gasteiger partial charge in [0, 0.05) is 17.5 Å². The maximum atomic E-state index is 10.1. The number of rotatable bonds is 1. The second-order valence-electron chi connectivity index (χ2n) is 5.04. The van der Waals surface area contributed by atoms with Gasteiger partial charge in [0.05, 0.1) is 5.69 Å². The van der Waals surface area contributed by atoms with Gasteiger partial charge in [-0.2, -0.15) is 0 Å². The van der Waals surface area contributed by atoms with Crippen molar-refractivity contribution in [3.63, 3.8) is 0 Å². The van der Waals surface area contributed by atoms with Crippen LogP contribution in [0.3, 0.4) is 0 Å². The normalized spacial score (nSPS) is 17.1. The summed E-state index contributed by atoms with van der Waals surface area (Å²) in [6, 6.07) is 7.43. The van der Waals surface area contributed by atoms with E-state index in [1.807, 2.05) is 38.1 Å². The molecule has 1 aliphatic heterocycles. The second-order valence-corrected chi connectivity index (χ2v) is 5.04. The summed E-state index contributed by atoms with van der Waals surface area (Å²) in [6.07, 6.45) is 2.85. The van der Waals surface area contributed by atoms with Gasteiger partial charge in [0.2, 0.25) is 0 Å². The number of aromatic hydroxyl groups is 1. The fraction of sp³-hybridized carbons (Fsp3) is 0.188. The molecule has 1 aromatic heterocycles. The smallest absolute Gasteiger partial charge is 0.152 e. The van der Waals surface area contributed by atoms with E-state index in [0.717, 1.165) is 33.6 Å². The number of aromatic nitrogens is 1. The van der Waals surface area contributed by atoms with Crippen LogP contribution in [-0.2, 0) is 0 Å². The van der Waals surface area contributed by atoms with Crippen molar-refractivity contribution >= 4 is 11.8 Å². The fourth-order valence-corrected chi connectivity index (χ4v) is 2.46. The van der Waals surface area contributed by atoms with Crippen molar-refractivity contribution in [1.82, 2.24) is 10.3 Å². The number of phenols is 1. The predicted molar refractivity (Wildman–Crippen MR) is 77.8 cm³/mol. The number of pyridine rings is 1. The van der Waals surface area contributed by atoms with Crippen LogP contribution in [0.2, 0.25) is 0 Å². The third kappa shape index (κ3) is 2.04. The Hall–Kier alpha value is -2.33. The van der Waals surface area contributed by atoms with E-state index in [-0.39, 0.29) is 0 Å². The van der Waals surface area contributed by atoms with Gasteiger partial charge < -0.3 is 15.5 Å². The highest BCUT2D eigenvalue weighted by Gasteiger charge is 2.20. The number of nitrogens with zero attached hydrogens (tertiary/aromatic N) is 1. The van der Waals surface area contributed by atoms with E-state index in [2.05, 4.69) is 10.3 Å². The van der Waals surface area contributed by atoms with E-state index < -0.39 is 6.23 Å². The average Bonchev–Trinajstić information content (AvgIpc) is 2.44. The molecule has 0 saturated heterocycles. The number of aliphatic hydroxyl groups is 1. The van der Waals surface area contributed by atoms with Crippen LogP contribution in [0.4, 0.5) is 0 Å². The van der Waals surface area contributed by atoms with Crippen molar-refractivity contribution in [3.8, 4) is 5.75 Å². The molecule has 0 fully saturated rings. The number of aliphatic hydroxyl groups excluding tert-OH is 1. The number of aryl methyl sites for hydroxylation is 2. The van der Waals surface area contributed by atoms with Crippen LogP contribution in [0, 0.1) is 13.8 Å². The summed E-state index contributed by atoms with van der Waals surface area (Å²) in [5.74, 6) is 0.309. The molecule has 0 aliphatic carbocycles. The zero-order valence-corrected chi connectivity index (χ0v) is 11.4. The van der Waals surface area contributed by atoms with Gasteiger partial charge in [0.15, 0.2) is 6.23 Å². The lowest BCUT2D eigenvalue weighted by Gasteiger charge is -2.24. The van der Waals surface area contributed by atoms with Gasteiger partial charge in [-0.3, -0.25) is 4.98 Å². The minimum atomic E-state index is -0.770. The lowest BCUT2D eigenvalue weighted by molar-refractivity contribution is 0.157. The largest absolute Gasteiger partial charge is 0.507 e. The Balaban J connectivity index is 2.11. The van der Waals surface area contributed by atoms with Crippen LogP contribution >= 0.6 is 0 Å². The molecule has 1 aliphatic rings. The Morgan fingerprint density at radius 2 is 1.90 bits per heavy atom. The maximum absolute atomic E-state index is 10.1. The number of hydrogen-bond acceptors (Lipinski definition) is 4. The molecule has 1 atom stereocenters. The summed E-state index contributed by atoms with van der Waals surface area (Å²) < 4.78 is 0. The molecule has 0 saturated carbocycles. The first-order valence-electron chi connectivity index (χ1n) is 6.48. The van der Waals surface area contributed by atoms with Gasteiger partial charge >= 0.3 is 0 Å². The number of nitrogens with one attached hydrogen (secondary N) is 1. The highest BCUT2D eigenvalue weighted by Crippen LogP contribution is 2.31. The van der Waals surface area contributed by atoms with Crippen LogP contribution in [0.5, 0.6) is 5.75 Å². The molecule has 0 spiro atoms. The first-order chi connectivity index (χ1) is 9.56. The summed E-state index contributed by atoms with van der Waals surface area (Å²) in [6.45, 7) is 3.72. The summed E-state index contributed by atoms with van der Waals surface area (Å²) >= 11 is 0. The van der Waals surface area contributed by atoms with Crippen LogP contribution in [-0.4, -0.2) is 15.2 Å². The van der Waals surface area contributed by atoms with Crippen molar-refractivity contribution in [2.45, 2.75) is 20.1 Å². The predicted octanol–water partition coefficient (Wildman–Crippen LogP) is 2.50. The molecule has 20 heavy (non-hydrogen) atoms. The molecule has 2 heterocycles.